The molecule has 36 heavy (non-hydrogen) atoms. The van der Waals surface area contributed by atoms with Gasteiger partial charge in [0.2, 0.25) is 11.8 Å². The van der Waals surface area contributed by atoms with Crippen molar-refractivity contribution in [2.45, 2.75) is 51.5 Å². The molecule has 1 saturated heterocycles. The van der Waals surface area contributed by atoms with Crippen LogP contribution in [0, 0.1) is 0 Å². The first kappa shape index (κ1) is 22.9. The number of amides is 3. The Bertz CT molecular complexity index is 1330. The Morgan fingerprint density at radius 1 is 0.972 bits per heavy atom. The second-order valence-electron chi connectivity index (χ2n) is 9.62. The molecule has 1 fully saturated rings. The summed E-state index contributed by atoms with van der Waals surface area (Å²) in [6.07, 6.45) is 1.71. The lowest BCUT2D eigenvalue weighted by molar-refractivity contribution is -0.136. The highest BCUT2D eigenvalue weighted by atomic mass is 32.1. The third-order valence-corrected chi connectivity index (χ3v) is 8.21. The van der Waals surface area contributed by atoms with Crippen LogP contribution in [-0.2, 0) is 42.3 Å². The first-order chi connectivity index (χ1) is 17.5. The zero-order chi connectivity index (χ0) is 24.6. The van der Waals surface area contributed by atoms with Crippen molar-refractivity contribution >= 4 is 29.1 Å². The van der Waals surface area contributed by atoms with Gasteiger partial charge < -0.3 is 9.64 Å². The summed E-state index contributed by atoms with van der Waals surface area (Å²) in [6.45, 7) is 3.74. The molecule has 7 nitrogen and oxygen atoms in total. The maximum absolute atomic E-state index is 13.0. The molecule has 0 saturated carbocycles. The van der Waals surface area contributed by atoms with Crippen LogP contribution >= 0.6 is 11.3 Å². The summed E-state index contributed by atoms with van der Waals surface area (Å²) < 4.78 is 6.14. The van der Waals surface area contributed by atoms with Gasteiger partial charge in [0.15, 0.2) is 0 Å². The van der Waals surface area contributed by atoms with Crippen molar-refractivity contribution in [3.63, 3.8) is 0 Å². The Balaban J connectivity index is 1.09. The molecular weight excluding hydrogens is 474 g/mol. The topological polar surface area (TPSA) is 79.0 Å². The number of rotatable bonds is 6. The smallest absolute Gasteiger partial charge is 0.255 e. The summed E-state index contributed by atoms with van der Waals surface area (Å²) in [5.41, 5.74) is 5.19. The molecule has 1 unspecified atom stereocenters. The van der Waals surface area contributed by atoms with Gasteiger partial charge in [0, 0.05) is 42.1 Å². The highest BCUT2D eigenvalue weighted by molar-refractivity contribution is 7.10. The monoisotopic (exact) mass is 501 g/mol. The zero-order valence-corrected chi connectivity index (χ0v) is 20.7. The third-order valence-electron chi connectivity index (χ3n) is 7.26. The molecule has 3 aliphatic heterocycles. The van der Waals surface area contributed by atoms with Gasteiger partial charge in [-0.1, -0.05) is 30.3 Å². The Kier molecular flexibility index (Phi) is 6.07. The minimum Gasteiger partial charge on any atom is -0.489 e. The standard InChI is InChI=1S/C28H27N3O4S/c32-26-9-8-23(27(33)29-26)31-15-22-21(28(31)34)2-1-3-24(22)35-17-19-6-4-18(5-7-19)14-30-12-10-20-11-13-36-25(20)16-30/h1-7,11,13,23H,8-10,12,14-17H2,(H,29,32,33). The largest absolute Gasteiger partial charge is 0.489 e. The van der Waals surface area contributed by atoms with Crippen LogP contribution in [0.3, 0.4) is 0 Å². The highest BCUT2D eigenvalue weighted by Gasteiger charge is 2.40. The molecule has 4 heterocycles. The van der Waals surface area contributed by atoms with Crippen LogP contribution in [0.5, 0.6) is 5.75 Å². The van der Waals surface area contributed by atoms with E-state index in [2.05, 4.69) is 45.9 Å². The van der Waals surface area contributed by atoms with Crippen molar-refractivity contribution in [2.75, 3.05) is 6.54 Å². The van der Waals surface area contributed by atoms with Crippen LogP contribution in [0.25, 0.3) is 0 Å². The lowest BCUT2D eigenvalue weighted by atomic mass is 10.0. The summed E-state index contributed by atoms with van der Waals surface area (Å²) in [5, 5.41) is 4.53. The van der Waals surface area contributed by atoms with Crippen LogP contribution in [0.2, 0.25) is 0 Å². The molecule has 3 amide bonds. The van der Waals surface area contributed by atoms with E-state index in [4.69, 9.17) is 4.74 Å². The fraction of sp³-hybridized carbons (Fsp3) is 0.321. The van der Waals surface area contributed by atoms with Gasteiger partial charge in [0.25, 0.3) is 5.91 Å². The van der Waals surface area contributed by atoms with Crippen LogP contribution in [0.15, 0.2) is 53.9 Å². The molecule has 1 aromatic heterocycles. The number of hydrogen-bond acceptors (Lipinski definition) is 6. The van der Waals surface area contributed by atoms with Gasteiger partial charge in [-0.15, -0.1) is 11.3 Å². The molecule has 1 N–H and O–H groups in total. The van der Waals surface area contributed by atoms with E-state index < -0.39 is 11.9 Å². The number of piperidine rings is 1. The van der Waals surface area contributed by atoms with Gasteiger partial charge in [-0.3, -0.25) is 24.6 Å². The predicted molar refractivity (Wildman–Crippen MR) is 135 cm³/mol. The van der Waals surface area contributed by atoms with Crippen LogP contribution in [0.1, 0.15) is 50.3 Å². The number of nitrogens with zero attached hydrogens (tertiary/aromatic N) is 2. The molecule has 3 aromatic rings. The Morgan fingerprint density at radius 2 is 1.81 bits per heavy atom. The Labute approximate surface area is 213 Å². The van der Waals surface area contributed by atoms with Crippen molar-refractivity contribution in [1.29, 1.82) is 0 Å². The summed E-state index contributed by atoms with van der Waals surface area (Å²) in [6, 6.07) is 15.6. The highest BCUT2D eigenvalue weighted by Crippen LogP contribution is 2.34. The number of hydrogen-bond donors (Lipinski definition) is 1. The Morgan fingerprint density at radius 3 is 2.64 bits per heavy atom. The lowest BCUT2D eigenvalue weighted by Crippen LogP contribution is -2.52. The van der Waals surface area contributed by atoms with Crippen molar-refractivity contribution in [3.8, 4) is 5.75 Å². The first-order valence-electron chi connectivity index (χ1n) is 12.3. The minimum absolute atomic E-state index is 0.193. The maximum atomic E-state index is 13.0. The zero-order valence-electron chi connectivity index (χ0n) is 19.9. The van der Waals surface area contributed by atoms with E-state index in [1.807, 2.05) is 17.4 Å². The number of fused-ring (bicyclic) bond motifs is 2. The summed E-state index contributed by atoms with van der Waals surface area (Å²) in [5.74, 6) is -0.236. The van der Waals surface area contributed by atoms with Crippen LogP contribution in [-0.4, -0.2) is 40.1 Å². The van der Waals surface area contributed by atoms with Gasteiger partial charge in [-0.25, -0.2) is 0 Å². The van der Waals surface area contributed by atoms with E-state index in [1.165, 1.54) is 16.0 Å². The fourth-order valence-electron chi connectivity index (χ4n) is 5.28. The number of imide groups is 1. The van der Waals surface area contributed by atoms with E-state index in [0.717, 1.165) is 37.2 Å². The molecule has 0 aliphatic carbocycles. The van der Waals surface area contributed by atoms with E-state index in [-0.39, 0.29) is 18.2 Å². The number of carbonyl (C=O) groups excluding carboxylic acids is 3. The van der Waals surface area contributed by atoms with Crippen molar-refractivity contribution in [3.05, 3.63) is 86.6 Å². The number of nitrogens with one attached hydrogen (secondary N) is 1. The van der Waals surface area contributed by atoms with Crippen molar-refractivity contribution in [1.82, 2.24) is 15.1 Å². The van der Waals surface area contributed by atoms with Crippen molar-refractivity contribution < 1.29 is 19.1 Å². The third kappa shape index (κ3) is 4.42. The van der Waals surface area contributed by atoms with E-state index in [1.54, 1.807) is 17.0 Å². The van der Waals surface area contributed by atoms with E-state index in [9.17, 15) is 14.4 Å². The molecule has 2 aromatic carbocycles. The normalized spacial score (nSPS) is 19.7. The maximum Gasteiger partial charge on any atom is 0.255 e. The summed E-state index contributed by atoms with van der Waals surface area (Å²) in [4.78, 5) is 42.4. The van der Waals surface area contributed by atoms with Gasteiger partial charge in [0.05, 0.1) is 6.54 Å². The number of thiophene rings is 1. The van der Waals surface area contributed by atoms with Crippen molar-refractivity contribution in [2.24, 2.45) is 0 Å². The molecular formula is C28H27N3O4S. The lowest BCUT2D eigenvalue weighted by Gasteiger charge is -2.29. The average molecular weight is 502 g/mol. The SMILES string of the molecule is O=C1CCC(N2Cc3c(OCc4ccc(CN5CCc6ccsc6C5)cc4)cccc3C2=O)C(=O)N1. The van der Waals surface area contributed by atoms with E-state index >= 15 is 0 Å². The number of benzene rings is 2. The van der Waals surface area contributed by atoms with Gasteiger partial charge in [-0.05, 0) is 53.1 Å². The quantitative estimate of drug-likeness (QED) is 0.522. The Hall–Kier alpha value is -3.49. The molecule has 0 spiro atoms. The molecule has 6 rings (SSSR count). The van der Waals surface area contributed by atoms with Gasteiger partial charge >= 0.3 is 0 Å². The summed E-state index contributed by atoms with van der Waals surface area (Å²) >= 11 is 1.85. The second-order valence-corrected chi connectivity index (χ2v) is 10.6. The fourth-order valence-corrected chi connectivity index (χ4v) is 6.25. The second kappa shape index (κ2) is 9.52. The predicted octanol–water partition coefficient (Wildman–Crippen LogP) is 3.65. The van der Waals surface area contributed by atoms with Gasteiger partial charge in [-0.2, -0.15) is 0 Å². The van der Waals surface area contributed by atoms with E-state index in [0.29, 0.717) is 30.9 Å². The molecule has 8 heteroatoms. The molecule has 184 valence electrons. The number of carbonyl (C=O) groups is 3. The molecule has 0 radical (unpaired) electrons. The van der Waals surface area contributed by atoms with Gasteiger partial charge in [0.1, 0.15) is 18.4 Å². The molecule has 0 bridgehead atoms. The average Bonchev–Trinajstić information content (AvgIpc) is 3.48. The van der Waals surface area contributed by atoms with Crippen LogP contribution < -0.4 is 10.1 Å². The molecule has 3 aliphatic rings. The number of ether oxygens (including phenoxy) is 1. The summed E-state index contributed by atoms with van der Waals surface area (Å²) in [7, 11) is 0. The first-order valence-corrected chi connectivity index (χ1v) is 13.2. The van der Waals surface area contributed by atoms with Crippen LogP contribution in [0.4, 0.5) is 0 Å². The molecule has 1 atom stereocenters. The minimum atomic E-state index is -0.630.